The Labute approximate surface area is 454 Å². The van der Waals surface area contributed by atoms with E-state index in [1.54, 1.807) is 0 Å². The molecule has 4 heteroatoms. The highest BCUT2D eigenvalue weighted by Crippen LogP contribution is 2.47. The van der Waals surface area contributed by atoms with Crippen molar-refractivity contribution in [3.05, 3.63) is 279 Å². The maximum Gasteiger partial charge on any atom is 0.104 e. The molecule has 0 amide bonds. The number of aryl methyl sites for hydroxylation is 8. The van der Waals surface area contributed by atoms with Gasteiger partial charge in [0.05, 0.1) is 0 Å². The largest absolute Gasteiger partial charge is 0.384 e. The minimum absolute atomic E-state index is 0.119. The third-order valence-electron chi connectivity index (χ3n) is 16.6. The van der Waals surface area contributed by atoms with Crippen LogP contribution in [0.4, 0.5) is 0 Å². The van der Waals surface area contributed by atoms with Crippen LogP contribution in [0.1, 0.15) is 235 Å². The molecule has 4 nitrogen and oxygen atoms in total. The Hall–Kier alpha value is -6.40. The van der Waals surface area contributed by atoms with Crippen LogP contribution in [-0.4, -0.2) is 20.4 Å². The molecule has 0 spiro atoms. The summed E-state index contributed by atoms with van der Waals surface area (Å²) in [6.07, 6.45) is -0.429. The second-order valence-corrected chi connectivity index (χ2v) is 22.7. The van der Waals surface area contributed by atoms with Crippen molar-refractivity contribution in [2.24, 2.45) is 0 Å². The maximum atomic E-state index is 12.7. The fourth-order valence-corrected chi connectivity index (χ4v) is 13.4. The molecule has 0 radical (unpaired) electrons. The number of benzene rings is 8. The average Bonchev–Trinajstić information content (AvgIpc) is 3.41. The van der Waals surface area contributed by atoms with E-state index in [2.05, 4.69) is 229 Å². The molecule has 0 aliphatic heterocycles. The minimum Gasteiger partial charge on any atom is -0.384 e. The minimum atomic E-state index is -0.873. The predicted molar refractivity (Wildman–Crippen MR) is 314 cm³/mol. The predicted octanol–water partition coefficient (Wildman–Crippen LogP) is 17.0. The lowest BCUT2D eigenvalue weighted by atomic mass is 9.74. The third-order valence-corrected chi connectivity index (χ3v) is 16.6. The van der Waals surface area contributed by atoms with Gasteiger partial charge in [-0.1, -0.05) is 218 Å². The van der Waals surface area contributed by atoms with Gasteiger partial charge in [-0.05, 0) is 170 Å². The molecule has 0 fully saturated rings. The molecule has 8 bridgehead atoms. The number of aliphatic hydroxyl groups is 4. The Morgan fingerprint density at radius 1 is 0.263 bits per heavy atom. The highest BCUT2D eigenvalue weighted by molar-refractivity contribution is 5.56. The van der Waals surface area contributed by atoms with Gasteiger partial charge in [0.2, 0.25) is 0 Å². The van der Waals surface area contributed by atoms with Gasteiger partial charge in [0, 0.05) is 23.7 Å². The lowest BCUT2D eigenvalue weighted by Gasteiger charge is -2.31. The molecular formula is C72H80O4. The van der Waals surface area contributed by atoms with Crippen molar-refractivity contribution in [2.45, 2.75) is 157 Å². The first-order valence-corrected chi connectivity index (χ1v) is 28.0. The van der Waals surface area contributed by atoms with Crippen molar-refractivity contribution < 1.29 is 20.4 Å². The number of aliphatic hydroxyl groups excluding tert-OH is 4. The molecule has 8 atom stereocenters. The Morgan fingerprint density at radius 3 is 0.592 bits per heavy atom. The molecule has 76 heavy (non-hydrogen) atoms. The standard InChI is InChI=1S/C72H80O4/c1-13-57-49-17-21-62(70(74)54-31-43(7)26-44(8)32-54)66(37-49)59(15-3)51-19-23-64(72(76)56-35-47(11)28-48(12)36-56)68(39-51)60(16-4)52-20-24-63(71(75)55-33-45(9)27-46(10)34-55)67(40-52)58(14-2)50-18-22-61(65(57)38-50)69(73)53-29-41(5)25-42(6)30-53/h17-40,57-60,69-76H,13-16H2,1-12H3. The van der Waals surface area contributed by atoms with Crippen molar-refractivity contribution in [3.8, 4) is 0 Å². The summed E-state index contributed by atoms with van der Waals surface area (Å²) in [6.45, 7) is 25.7. The van der Waals surface area contributed by atoms with Crippen LogP contribution in [0.2, 0.25) is 0 Å². The van der Waals surface area contributed by atoms with E-state index in [9.17, 15) is 20.4 Å². The summed E-state index contributed by atoms with van der Waals surface area (Å²) in [7, 11) is 0. The van der Waals surface area contributed by atoms with Crippen LogP contribution in [0.25, 0.3) is 0 Å². The van der Waals surface area contributed by atoms with Gasteiger partial charge >= 0.3 is 0 Å². The summed E-state index contributed by atoms with van der Waals surface area (Å²) in [5.41, 5.74) is 24.6. The molecule has 9 rings (SSSR count). The van der Waals surface area contributed by atoms with Gasteiger partial charge in [0.15, 0.2) is 0 Å². The fourth-order valence-electron chi connectivity index (χ4n) is 13.4. The van der Waals surface area contributed by atoms with E-state index in [0.717, 1.165) is 159 Å². The molecular weight excluding hydrogens is 929 g/mol. The Morgan fingerprint density at radius 2 is 0.434 bits per heavy atom. The summed E-state index contributed by atoms with van der Waals surface area (Å²) in [5, 5.41) is 50.8. The van der Waals surface area contributed by atoms with Crippen molar-refractivity contribution in [1.29, 1.82) is 0 Å². The summed E-state index contributed by atoms with van der Waals surface area (Å²) in [6, 6.07) is 52.4. The Bertz CT molecular complexity index is 2880. The van der Waals surface area contributed by atoms with E-state index in [0.29, 0.717) is 0 Å². The van der Waals surface area contributed by atoms with Crippen LogP contribution in [0.3, 0.4) is 0 Å². The second-order valence-electron chi connectivity index (χ2n) is 22.7. The van der Waals surface area contributed by atoms with Gasteiger partial charge in [-0.2, -0.15) is 0 Å². The van der Waals surface area contributed by atoms with E-state index in [-0.39, 0.29) is 23.7 Å². The maximum absolute atomic E-state index is 12.7. The van der Waals surface area contributed by atoms with Crippen molar-refractivity contribution in [2.75, 3.05) is 0 Å². The van der Waals surface area contributed by atoms with E-state index in [1.165, 1.54) is 0 Å². The Kier molecular flexibility index (Phi) is 16.2. The van der Waals surface area contributed by atoms with Crippen LogP contribution in [0.15, 0.2) is 146 Å². The van der Waals surface area contributed by atoms with Gasteiger partial charge in [-0.3, -0.25) is 0 Å². The summed E-state index contributed by atoms with van der Waals surface area (Å²) >= 11 is 0. The molecule has 0 saturated carbocycles. The van der Waals surface area contributed by atoms with Crippen LogP contribution in [0, 0.1) is 55.4 Å². The molecule has 392 valence electrons. The van der Waals surface area contributed by atoms with Crippen molar-refractivity contribution in [1.82, 2.24) is 0 Å². The van der Waals surface area contributed by atoms with E-state index >= 15 is 0 Å². The number of hydrogen-bond donors (Lipinski definition) is 4. The molecule has 0 saturated heterocycles. The topological polar surface area (TPSA) is 80.9 Å². The number of fused-ring (bicyclic) bond motifs is 8. The van der Waals surface area contributed by atoms with Crippen molar-refractivity contribution in [3.63, 3.8) is 0 Å². The molecule has 8 unspecified atom stereocenters. The highest BCUT2D eigenvalue weighted by Gasteiger charge is 2.32. The summed E-state index contributed by atoms with van der Waals surface area (Å²) < 4.78 is 0. The van der Waals surface area contributed by atoms with Crippen LogP contribution in [0.5, 0.6) is 0 Å². The number of hydrogen-bond acceptors (Lipinski definition) is 4. The molecule has 1 aliphatic rings. The monoisotopic (exact) mass is 1010 g/mol. The smallest absolute Gasteiger partial charge is 0.104 e. The zero-order valence-corrected chi connectivity index (χ0v) is 47.1. The summed E-state index contributed by atoms with van der Waals surface area (Å²) in [5.74, 6) is -0.476. The van der Waals surface area contributed by atoms with E-state index in [4.69, 9.17) is 0 Å². The third kappa shape index (κ3) is 10.9. The van der Waals surface area contributed by atoms with E-state index < -0.39 is 24.4 Å². The van der Waals surface area contributed by atoms with Gasteiger partial charge in [0.1, 0.15) is 24.4 Å². The van der Waals surface area contributed by atoms with Crippen LogP contribution < -0.4 is 0 Å². The zero-order chi connectivity index (χ0) is 54.3. The normalized spacial score (nSPS) is 18.0. The lowest BCUT2D eigenvalue weighted by Crippen LogP contribution is -2.16. The first-order chi connectivity index (χ1) is 36.4. The molecule has 8 aromatic rings. The SMILES string of the molecule is CCC1c2ccc(C(O)c3cc(C)cc(C)c3)c(c2)C(CC)c2ccc(C(O)c3cc(C)cc(C)c3)c(c2)C(CC)c2ccc(C(O)c3cc(C)cc(C)c3)c(c2)C(CC)c2ccc(C(O)c3cc(C)cc(C)c3)c1c2. The van der Waals surface area contributed by atoms with Gasteiger partial charge < -0.3 is 20.4 Å². The van der Waals surface area contributed by atoms with Gasteiger partial charge in [-0.25, -0.2) is 0 Å². The van der Waals surface area contributed by atoms with E-state index in [1.807, 2.05) is 0 Å². The molecule has 0 aromatic heterocycles. The molecule has 1 aliphatic carbocycles. The fraction of sp³-hybridized carbons (Fsp3) is 0.333. The number of rotatable bonds is 12. The molecule has 8 aromatic carbocycles. The first-order valence-electron chi connectivity index (χ1n) is 28.0. The summed E-state index contributed by atoms with van der Waals surface area (Å²) in [4.78, 5) is 0. The first kappa shape index (κ1) is 54.4. The van der Waals surface area contributed by atoms with Crippen LogP contribution >= 0.6 is 0 Å². The van der Waals surface area contributed by atoms with Crippen molar-refractivity contribution >= 4 is 0 Å². The van der Waals surface area contributed by atoms with Crippen LogP contribution in [-0.2, 0) is 0 Å². The second kappa shape index (κ2) is 22.7. The zero-order valence-electron chi connectivity index (χ0n) is 47.1. The quantitative estimate of drug-likeness (QED) is 0.0983. The molecule has 0 heterocycles. The molecule has 4 N–H and O–H groups in total. The van der Waals surface area contributed by atoms with Gasteiger partial charge in [0.25, 0.3) is 0 Å². The lowest BCUT2D eigenvalue weighted by molar-refractivity contribution is 0.218. The average molecular weight is 1010 g/mol. The highest BCUT2D eigenvalue weighted by atomic mass is 16.3. The Balaban J connectivity index is 1.37. The van der Waals surface area contributed by atoms with Gasteiger partial charge in [-0.15, -0.1) is 0 Å².